The summed E-state index contributed by atoms with van der Waals surface area (Å²) in [6.07, 6.45) is 0. The van der Waals surface area contributed by atoms with Crippen LogP contribution < -0.4 is 5.43 Å². The van der Waals surface area contributed by atoms with Crippen molar-refractivity contribution in [3.05, 3.63) is 57.4 Å². The Hall–Kier alpha value is -1.52. The predicted octanol–water partition coefficient (Wildman–Crippen LogP) is 4.64. The van der Waals surface area contributed by atoms with E-state index in [1.54, 1.807) is 11.3 Å². The van der Waals surface area contributed by atoms with E-state index in [2.05, 4.69) is 65.0 Å². The highest BCUT2D eigenvalue weighted by molar-refractivity contribution is 7.14. The molecule has 1 N–H and O–H groups in total. The lowest BCUT2D eigenvalue weighted by Gasteiger charge is -2.11. The van der Waals surface area contributed by atoms with Gasteiger partial charge in [0.15, 0.2) is 0 Å². The monoisotopic (exact) mass is 288 g/mol. The molecule has 0 amide bonds. The zero-order valence-electron chi connectivity index (χ0n) is 11.0. The lowest BCUT2D eigenvalue weighted by atomic mass is 10.2. The van der Waals surface area contributed by atoms with Crippen LogP contribution in [0.4, 0.5) is 0 Å². The summed E-state index contributed by atoms with van der Waals surface area (Å²) in [5.41, 5.74) is 7.28. The van der Waals surface area contributed by atoms with E-state index in [0.717, 1.165) is 6.54 Å². The van der Waals surface area contributed by atoms with Gasteiger partial charge in [-0.1, -0.05) is 6.07 Å². The van der Waals surface area contributed by atoms with E-state index >= 15 is 0 Å². The number of thiophene rings is 2. The summed E-state index contributed by atoms with van der Waals surface area (Å²) in [7, 11) is 0. The SMILES string of the molecule is Cc1ccc(C)n1NCc1cc(-c2cccs2)cs1. The first-order valence-corrected chi connectivity index (χ1v) is 8.00. The highest BCUT2D eigenvalue weighted by Crippen LogP contribution is 2.29. The Labute approximate surface area is 121 Å². The minimum Gasteiger partial charge on any atom is -0.321 e. The molecule has 0 saturated heterocycles. The summed E-state index contributed by atoms with van der Waals surface area (Å²) in [6.45, 7) is 5.10. The highest BCUT2D eigenvalue weighted by Gasteiger charge is 2.04. The van der Waals surface area contributed by atoms with E-state index in [0.29, 0.717) is 0 Å². The second-order valence-electron chi connectivity index (χ2n) is 4.57. The molecule has 0 spiro atoms. The van der Waals surface area contributed by atoms with Gasteiger partial charge >= 0.3 is 0 Å². The first-order chi connectivity index (χ1) is 9.24. The van der Waals surface area contributed by atoms with E-state index in [4.69, 9.17) is 0 Å². The maximum atomic E-state index is 3.47. The van der Waals surface area contributed by atoms with Crippen LogP contribution in [0.15, 0.2) is 41.1 Å². The van der Waals surface area contributed by atoms with Crippen LogP contribution in [0.5, 0.6) is 0 Å². The molecule has 3 aromatic heterocycles. The summed E-state index contributed by atoms with van der Waals surface area (Å²) < 4.78 is 2.14. The van der Waals surface area contributed by atoms with Gasteiger partial charge in [0.2, 0.25) is 0 Å². The van der Waals surface area contributed by atoms with Crippen LogP contribution >= 0.6 is 22.7 Å². The minimum atomic E-state index is 0.867. The van der Waals surface area contributed by atoms with Crippen molar-refractivity contribution >= 4 is 22.7 Å². The Bertz CT molecular complexity index is 643. The third-order valence-electron chi connectivity index (χ3n) is 3.14. The number of aromatic nitrogens is 1. The smallest absolute Gasteiger partial charge is 0.0657 e. The molecule has 0 atom stereocenters. The van der Waals surface area contributed by atoms with Crippen molar-refractivity contribution < 1.29 is 0 Å². The number of rotatable bonds is 4. The Morgan fingerprint density at radius 1 is 1.11 bits per heavy atom. The first kappa shape index (κ1) is 12.5. The molecule has 0 aliphatic carbocycles. The molecular weight excluding hydrogens is 272 g/mol. The van der Waals surface area contributed by atoms with E-state index in [1.165, 1.54) is 26.7 Å². The van der Waals surface area contributed by atoms with Crippen molar-refractivity contribution in [3.63, 3.8) is 0 Å². The molecule has 0 aliphatic rings. The molecule has 3 heterocycles. The van der Waals surface area contributed by atoms with E-state index in [1.807, 2.05) is 11.3 Å². The van der Waals surface area contributed by atoms with Crippen LogP contribution in [-0.2, 0) is 6.54 Å². The zero-order chi connectivity index (χ0) is 13.2. The van der Waals surface area contributed by atoms with Gasteiger partial charge in [0, 0.05) is 26.7 Å². The molecule has 0 unspecified atom stereocenters. The molecule has 0 radical (unpaired) electrons. The molecule has 3 rings (SSSR count). The quantitative estimate of drug-likeness (QED) is 0.740. The first-order valence-electron chi connectivity index (χ1n) is 6.24. The average molecular weight is 288 g/mol. The van der Waals surface area contributed by atoms with Gasteiger partial charge in [-0.25, -0.2) is 0 Å². The Morgan fingerprint density at radius 2 is 1.89 bits per heavy atom. The van der Waals surface area contributed by atoms with Crippen LogP contribution in [0.2, 0.25) is 0 Å². The molecule has 19 heavy (non-hydrogen) atoms. The van der Waals surface area contributed by atoms with Crippen LogP contribution in [0.1, 0.15) is 16.3 Å². The molecule has 0 saturated carbocycles. The molecule has 3 aromatic rings. The molecule has 2 nitrogen and oxygen atoms in total. The van der Waals surface area contributed by atoms with Gasteiger partial charge in [0.25, 0.3) is 0 Å². The maximum Gasteiger partial charge on any atom is 0.0657 e. The molecule has 98 valence electrons. The maximum absolute atomic E-state index is 3.47. The molecule has 0 fully saturated rings. The Balaban J connectivity index is 1.71. The standard InChI is InChI=1S/C15H16N2S2/c1-11-5-6-12(2)17(11)16-9-14-8-13(10-19-14)15-4-3-7-18-15/h3-8,10,16H,9H2,1-2H3. The predicted molar refractivity (Wildman–Crippen MR) is 84.6 cm³/mol. The molecule has 0 aromatic carbocycles. The Morgan fingerprint density at radius 3 is 2.58 bits per heavy atom. The minimum absolute atomic E-state index is 0.867. The second kappa shape index (κ2) is 5.23. The van der Waals surface area contributed by atoms with Crippen molar-refractivity contribution in [1.29, 1.82) is 0 Å². The summed E-state index contributed by atoms with van der Waals surface area (Å²) in [5.74, 6) is 0. The van der Waals surface area contributed by atoms with Gasteiger partial charge < -0.3 is 5.43 Å². The van der Waals surface area contributed by atoms with Crippen LogP contribution in [0, 0.1) is 13.8 Å². The molecule has 0 aliphatic heterocycles. The molecule has 0 bridgehead atoms. The van der Waals surface area contributed by atoms with Crippen molar-refractivity contribution in [1.82, 2.24) is 4.68 Å². The van der Waals surface area contributed by atoms with E-state index < -0.39 is 0 Å². The number of aryl methyl sites for hydroxylation is 2. The number of nitrogens with zero attached hydrogens (tertiary/aromatic N) is 1. The molecular formula is C15H16N2S2. The molecule has 4 heteroatoms. The normalized spacial score (nSPS) is 10.8. The van der Waals surface area contributed by atoms with Crippen molar-refractivity contribution in [3.8, 4) is 10.4 Å². The van der Waals surface area contributed by atoms with Crippen molar-refractivity contribution in [2.75, 3.05) is 5.43 Å². The largest absolute Gasteiger partial charge is 0.321 e. The van der Waals surface area contributed by atoms with Crippen molar-refractivity contribution in [2.24, 2.45) is 0 Å². The summed E-state index contributed by atoms with van der Waals surface area (Å²) in [4.78, 5) is 2.70. The summed E-state index contributed by atoms with van der Waals surface area (Å²) in [6, 6.07) is 10.8. The lowest BCUT2D eigenvalue weighted by molar-refractivity contribution is 0.797. The van der Waals surface area contributed by atoms with E-state index in [-0.39, 0.29) is 0 Å². The highest BCUT2D eigenvalue weighted by atomic mass is 32.1. The Kier molecular flexibility index (Phi) is 3.44. The fourth-order valence-electron chi connectivity index (χ4n) is 2.12. The van der Waals surface area contributed by atoms with Crippen molar-refractivity contribution in [2.45, 2.75) is 20.4 Å². The van der Waals surface area contributed by atoms with E-state index in [9.17, 15) is 0 Å². The van der Waals surface area contributed by atoms with Gasteiger partial charge in [-0.2, -0.15) is 0 Å². The average Bonchev–Trinajstić information content (AvgIpc) is 3.10. The second-order valence-corrected chi connectivity index (χ2v) is 6.51. The number of hydrogen-bond acceptors (Lipinski definition) is 3. The fourth-order valence-corrected chi connectivity index (χ4v) is 3.73. The lowest BCUT2D eigenvalue weighted by Crippen LogP contribution is -2.16. The van der Waals surface area contributed by atoms with Gasteiger partial charge in [-0.15, -0.1) is 22.7 Å². The third kappa shape index (κ3) is 2.60. The third-order valence-corrected chi connectivity index (χ3v) is 5.00. The van der Waals surface area contributed by atoms with Gasteiger partial charge in [0.05, 0.1) is 6.54 Å². The number of nitrogens with one attached hydrogen (secondary N) is 1. The van der Waals surface area contributed by atoms with Gasteiger partial charge in [-0.3, -0.25) is 4.68 Å². The van der Waals surface area contributed by atoms with Gasteiger partial charge in [0.1, 0.15) is 0 Å². The van der Waals surface area contributed by atoms with Crippen LogP contribution in [0.3, 0.4) is 0 Å². The van der Waals surface area contributed by atoms with Gasteiger partial charge in [-0.05, 0) is 48.9 Å². The summed E-state index contributed by atoms with van der Waals surface area (Å²) >= 11 is 3.60. The topological polar surface area (TPSA) is 17.0 Å². The summed E-state index contributed by atoms with van der Waals surface area (Å²) in [5, 5.41) is 4.36. The number of hydrogen-bond donors (Lipinski definition) is 1. The van der Waals surface area contributed by atoms with Crippen LogP contribution in [0.25, 0.3) is 10.4 Å². The van der Waals surface area contributed by atoms with Crippen LogP contribution in [-0.4, -0.2) is 4.68 Å². The fraction of sp³-hybridized carbons (Fsp3) is 0.200. The zero-order valence-corrected chi connectivity index (χ0v) is 12.6.